The maximum atomic E-state index is 11.8. The van der Waals surface area contributed by atoms with Gasteiger partial charge in [-0.1, -0.05) is 6.07 Å². The molecule has 1 heterocycles. The van der Waals surface area contributed by atoms with Crippen LogP contribution in [-0.4, -0.2) is 83.5 Å². The number of nitrogens with zero attached hydrogens (tertiary/aromatic N) is 2. The van der Waals surface area contributed by atoms with Gasteiger partial charge in [0.25, 0.3) is 0 Å². The van der Waals surface area contributed by atoms with E-state index in [2.05, 4.69) is 31.9 Å². The van der Waals surface area contributed by atoms with Crippen molar-refractivity contribution >= 4 is 35.8 Å². The van der Waals surface area contributed by atoms with Gasteiger partial charge in [0.05, 0.1) is 33.5 Å². The number of methoxy groups -OCH3 is 2. The van der Waals surface area contributed by atoms with Crippen molar-refractivity contribution in [2.24, 2.45) is 4.99 Å². The van der Waals surface area contributed by atoms with Gasteiger partial charge in [0, 0.05) is 32.7 Å². The molecule has 1 fully saturated rings. The summed E-state index contributed by atoms with van der Waals surface area (Å²) in [5, 5.41) is 9.35. The van der Waals surface area contributed by atoms with E-state index in [9.17, 15) is 4.79 Å². The molecule has 1 saturated heterocycles. The molecule has 176 valence electrons. The van der Waals surface area contributed by atoms with Crippen LogP contribution in [0.2, 0.25) is 0 Å². The predicted molar refractivity (Wildman–Crippen MR) is 133 cm³/mol. The Balaban J connectivity index is 0.00000480. The normalized spacial score (nSPS) is 15.4. The van der Waals surface area contributed by atoms with Gasteiger partial charge in [0.2, 0.25) is 5.91 Å². The highest BCUT2D eigenvalue weighted by Gasteiger charge is 2.24. The Bertz CT molecular complexity index is 698. The largest absolute Gasteiger partial charge is 0.493 e. The van der Waals surface area contributed by atoms with Gasteiger partial charge in [-0.15, -0.1) is 24.0 Å². The predicted octanol–water partition coefficient (Wildman–Crippen LogP) is 1.39. The third-order valence-corrected chi connectivity index (χ3v) is 4.84. The first-order valence-corrected chi connectivity index (χ1v) is 10.5. The van der Waals surface area contributed by atoms with Crippen molar-refractivity contribution < 1.29 is 19.0 Å². The first-order chi connectivity index (χ1) is 14.6. The summed E-state index contributed by atoms with van der Waals surface area (Å²) in [6.07, 6.45) is 0. The zero-order valence-corrected chi connectivity index (χ0v) is 21.2. The minimum Gasteiger partial charge on any atom is -0.493 e. The fourth-order valence-corrected chi connectivity index (χ4v) is 3.35. The topological polar surface area (TPSA) is 96.5 Å². The zero-order chi connectivity index (χ0) is 21.8. The van der Waals surface area contributed by atoms with Crippen LogP contribution in [-0.2, 0) is 9.53 Å². The lowest BCUT2D eigenvalue weighted by atomic mass is 10.0. The van der Waals surface area contributed by atoms with E-state index in [4.69, 9.17) is 14.2 Å². The summed E-state index contributed by atoms with van der Waals surface area (Å²) in [6, 6.07) is 6.08. The second kappa shape index (κ2) is 15.1. The van der Waals surface area contributed by atoms with E-state index in [1.807, 2.05) is 26.0 Å². The van der Waals surface area contributed by atoms with Crippen molar-refractivity contribution in [1.82, 2.24) is 20.9 Å². The van der Waals surface area contributed by atoms with Crippen LogP contribution in [0.1, 0.15) is 25.5 Å². The highest BCUT2D eigenvalue weighted by Crippen LogP contribution is 2.32. The Morgan fingerprint density at radius 3 is 2.39 bits per heavy atom. The lowest BCUT2D eigenvalue weighted by Crippen LogP contribution is -2.46. The number of carbonyl (C=O) groups excluding carboxylic acids is 1. The molecule has 1 aromatic rings. The number of amides is 1. The van der Waals surface area contributed by atoms with Gasteiger partial charge in [-0.2, -0.15) is 0 Å². The highest BCUT2D eigenvalue weighted by atomic mass is 127. The van der Waals surface area contributed by atoms with Gasteiger partial charge < -0.3 is 30.2 Å². The molecular formula is C21H36IN5O4. The molecule has 1 unspecified atom stereocenters. The lowest BCUT2D eigenvalue weighted by molar-refractivity contribution is -0.119. The summed E-state index contributed by atoms with van der Waals surface area (Å²) < 4.78 is 16.4. The Kier molecular flexibility index (Phi) is 13.3. The average molecular weight is 549 g/mol. The van der Waals surface area contributed by atoms with Crippen LogP contribution >= 0.6 is 24.0 Å². The smallest absolute Gasteiger partial charge is 0.241 e. The van der Waals surface area contributed by atoms with Crippen LogP contribution in [0.4, 0.5) is 0 Å². The third-order valence-electron chi connectivity index (χ3n) is 4.84. The van der Waals surface area contributed by atoms with E-state index >= 15 is 0 Å². The summed E-state index contributed by atoms with van der Waals surface area (Å²) in [4.78, 5) is 18.5. The van der Waals surface area contributed by atoms with Crippen molar-refractivity contribution in [1.29, 1.82) is 0 Å². The summed E-state index contributed by atoms with van der Waals surface area (Å²) >= 11 is 0. The number of guanidine groups is 1. The molecule has 0 radical (unpaired) electrons. The molecule has 0 spiro atoms. The van der Waals surface area contributed by atoms with Gasteiger partial charge >= 0.3 is 0 Å². The van der Waals surface area contributed by atoms with Crippen LogP contribution in [0.3, 0.4) is 0 Å². The Hall–Kier alpha value is -1.79. The number of hydrogen-bond donors (Lipinski definition) is 3. The first-order valence-electron chi connectivity index (χ1n) is 10.5. The summed E-state index contributed by atoms with van der Waals surface area (Å²) in [5.41, 5.74) is 1.11. The molecule has 0 saturated carbocycles. The maximum Gasteiger partial charge on any atom is 0.241 e. The minimum absolute atomic E-state index is 0. The van der Waals surface area contributed by atoms with Crippen LogP contribution in [0.15, 0.2) is 23.2 Å². The second-order valence-corrected chi connectivity index (χ2v) is 6.81. The quantitative estimate of drug-likeness (QED) is 0.231. The fraction of sp³-hybridized carbons (Fsp3) is 0.619. The van der Waals surface area contributed by atoms with E-state index < -0.39 is 0 Å². The van der Waals surface area contributed by atoms with E-state index in [-0.39, 0.29) is 42.5 Å². The lowest BCUT2D eigenvalue weighted by Gasteiger charge is -2.35. The molecule has 2 rings (SSSR count). The van der Waals surface area contributed by atoms with Crippen LogP contribution < -0.4 is 25.4 Å². The SMILES string of the molecule is CCNC(=O)CN=C(NCC)NCC(c1ccc(OC)c(OC)c1)N1CCOCC1.I. The van der Waals surface area contributed by atoms with E-state index in [1.165, 1.54) is 0 Å². The number of carbonyl (C=O) groups is 1. The molecule has 0 aromatic heterocycles. The number of rotatable bonds is 10. The van der Waals surface area contributed by atoms with Gasteiger partial charge in [0.15, 0.2) is 17.5 Å². The second-order valence-electron chi connectivity index (χ2n) is 6.81. The summed E-state index contributed by atoms with van der Waals surface area (Å²) in [7, 11) is 3.27. The average Bonchev–Trinajstić information content (AvgIpc) is 2.78. The number of ether oxygens (including phenoxy) is 3. The fourth-order valence-electron chi connectivity index (χ4n) is 3.35. The van der Waals surface area contributed by atoms with Crippen molar-refractivity contribution in [2.45, 2.75) is 19.9 Å². The van der Waals surface area contributed by atoms with Crippen molar-refractivity contribution in [3.63, 3.8) is 0 Å². The van der Waals surface area contributed by atoms with E-state index in [0.717, 1.165) is 18.7 Å². The molecule has 10 heteroatoms. The summed E-state index contributed by atoms with van der Waals surface area (Å²) in [5.74, 6) is 1.92. The number of morpholine rings is 1. The summed E-state index contributed by atoms with van der Waals surface area (Å²) in [6.45, 7) is 8.98. The van der Waals surface area contributed by atoms with Gasteiger partial charge in [0.1, 0.15) is 6.54 Å². The molecule has 1 amide bonds. The molecule has 1 aliphatic heterocycles. The third kappa shape index (κ3) is 8.69. The number of aliphatic imine (C=N–C) groups is 1. The van der Waals surface area contributed by atoms with Crippen molar-refractivity contribution in [3.8, 4) is 11.5 Å². The van der Waals surface area contributed by atoms with Crippen LogP contribution in [0.25, 0.3) is 0 Å². The number of halogens is 1. The zero-order valence-electron chi connectivity index (χ0n) is 18.9. The van der Waals surface area contributed by atoms with Crippen molar-refractivity contribution in [3.05, 3.63) is 23.8 Å². The van der Waals surface area contributed by atoms with E-state index in [1.54, 1.807) is 14.2 Å². The van der Waals surface area contributed by atoms with Gasteiger partial charge in [-0.25, -0.2) is 4.99 Å². The van der Waals surface area contributed by atoms with Crippen molar-refractivity contribution in [2.75, 3.05) is 66.7 Å². The molecular weight excluding hydrogens is 513 g/mol. The number of hydrogen-bond acceptors (Lipinski definition) is 6. The monoisotopic (exact) mass is 549 g/mol. The molecule has 1 aliphatic rings. The first kappa shape index (κ1) is 27.2. The highest BCUT2D eigenvalue weighted by molar-refractivity contribution is 14.0. The standard InChI is InChI=1S/C21H35N5O4.HI/c1-5-22-20(27)15-25-21(23-6-2)24-14-17(26-9-11-30-12-10-26)16-7-8-18(28-3)19(13-16)29-4;/h7-8,13,17H,5-6,9-12,14-15H2,1-4H3,(H,22,27)(H2,23,24,25);1H. The van der Waals surface area contributed by atoms with Gasteiger partial charge in [-0.05, 0) is 31.5 Å². The maximum absolute atomic E-state index is 11.8. The molecule has 3 N–H and O–H groups in total. The van der Waals surface area contributed by atoms with Crippen LogP contribution in [0, 0.1) is 0 Å². The number of likely N-dealkylation sites (N-methyl/N-ethyl adjacent to an activating group) is 1. The Morgan fingerprint density at radius 1 is 1.10 bits per heavy atom. The molecule has 1 atom stereocenters. The van der Waals surface area contributed by atoms with Gasteiger partial charge in [-0.3, -0.25) is 9.69 Å². The molecule has 1 aromatic carbocycles. The Morgan fingerprint density at radius 2 is 1.77 bits per heavy atom. The van der Waals surface area contributed by atoms with E-state index in [0.29, 0.717) is 50.3 Å². The number of nitrogens with one attached hydrogen (secondary N) is 3. The number of benzene rings is 1. The van der Waals surface area contributed by atoms with Crippen LogP contribution in [0.5, 0.6) is 11.5 Å². The molecule has 0 bridgehead atoms. The minimum atomic E-state index is -0.0978. The molecule has 9 nitrogen and oxygen atoms in total. The molecule has 0 aliphatic carbocycles. The Labute approximate surface area is 202 Å². The molecule has 31 heavy (non-hydrogen) atoms.